The third kappa shape index (κ3) is 6.74. The monoisotopic (exact) mass is 541 g/mol. The number of benzene rings is 2. The number of carboxylic acids is 1. The molecule has 1 spiro atoms. The number of Topliss-reactive ketones (excluding diaryl/α,β-unsaturated/α-hetero) is 1. The van der Waals surface area contributed by atoms with E-state index in [-0.39, 0.29) is 28.2 Å². The first kappa shape index (κ1) is 27.2. The minimum absolute atomic E-state index is 0.139. The summed E-state index contributed by atoms with van der Waals surface area (Å²) in [6, 6.07) is 15.7. The van der Waals surface area contributed by atoms with Gasteiger partial charge in [0, 0.05) is 30.0 Å². The molecule has 2 aromatic rings. The van der Waals surface area contributed by atoms with Gasteiger partial charge in [0.25, 0.3) is 5.91 Å². The van der Waals surface area contributed by atoms with E-state index in [2.05, 4.69) is 10.6 Å². The van der Waals surface area contributed by atoms with E-state index < -0.39 is 24.1 Å². The van der Waals surface area contributed by atoms with Gasteiger partial charge in [-0.15, -0.1) is 23.5 Å². The highest BCUT2D eigenvalue weighted by Gasteiger charge is 2.51. The minimum Gasteiger partial charge on any atom is -0.480 e. The zero-order valence-electron chi connectivity index (χ0n) is 20.6. The number of carbonyl (C=O) groups is 4. The molecule has 0 bridgehead atoms. The van der Waals surface area contributed by atoms with E-state index in [1.807, 2.05) is 36.4 Å². The second-order valence-corrected chi connectivity index (χ2v) is 12.5. The topological polar surface area (TPSA) is 116 Å². The van der Waals surface area contributed by atoms with Crippen LogP contribution in [0.15, 0.2) is 60.7 Å². The van der Waals surface area contributed by atoms with Gasteiger partial charge in [-0.25, -0.2) is 4.79 Å². The second kappa shape index (κ2) is 12.1. The highest BCUT2D eigenvalue weighted by Crippen LogP contribution is 2.51. The minimum atomic E-state index is -1.01. The van der Waals surface area contributed by atoms with E-state index in [0.717, 1.165) is 17.1 Å². The Bertz CT molecular complexity index is 1130. The Morgan fingerprint density at radius 3 is 2.27 bits per heavy atom. The molecule has 3 atom stereocenters. The van der Waals surface area contributed by atoms with Crippen molar-refractivity contribution in [3.05, 3.63) is 71.8 Å². The second-order valence-electron chi connectivity index (χ2n) is 9.28. The maximum atomic E-state index is 13.2. The van der Waals surface area contributed by atoms with E-state index >= 15 is 0 Å². The molecular formula is C27H31N3O5S2. The van der Waals surface area contributed by atoms with Crippen LogP contribution in [0.25, 0.3) is 0 Å². The molecule has 1 unspecified atom stereocenters. The van der Waals surface area contributed by atoms with E-state index in [1.54, 1.807) is 54.7 Å². The van der Waals surface area contributed by atoms with Gasteiger partial charge in [-0.3, -0.25) is 19.7 Å². The molecule has 2 amide bonds. The fourth-order valence-corrected chi connectivity index (χ4v) is 7.89. The summed E-state index contributed by atoms with van der Waals surface area (Å²) in [4.78, 5) is 52.6. The number of likely N-dealkylation sites (tertiary alicyclic amines) is 1. The number of hydrogen-bond acceptors (Lipinski definition) is 7. The largest absolute Gasteiger partial charge is 0.480 e. The number of nitrogens with zero attached hydrogens (tertiary/aromatic N) is 1. The molecule has 3 N–H and O–H groups in total. The van der Waals surface area contributed by atoms with E-state index in [0.29, 0.717) is 24.9 Å². The van der Waals surface area contributed by atoms with E-state index in [9.17, 15) is 24.3 Å². The summed E-state index contributed by atoms with van der Waals surface area (Å²) < 4.78 is -0.267. The molecule has 2 saturated heterocycles. The molecule has 0 saturated carbocycles. The molecule has 8 nitrogen and oxygen atoms in total. The van der Waals surface area contributed by atoms with E-state index in [4.69, 9.17) is 0 Å². The predicted octanol–water partition coefficient (Wildman–Crippen LogP) is 2.44. The van der Waals surface area contributed by atoms with Crippen LogP contribution in [-0.4, -0.2) is 80.4 Å². The maximum absolute atomic E-state index is 13.2. The fourth-order valence-electron chi connectivity index (χ4n) is 4.64. The Labute approximate surface area is 224 Å². The highest BCUT2D eigenvalue weighted by atomic mass is 32.2. The molecule has 0 radical (unpaired) electrons. The van der Waals surface area contributed by atoms with Gasteiger partial charge in [0.1, 0.15) is 6.04 Å². The molecule has 2 aromatic carbocycles. The highest BCUT2D eigenvalue weighted by molar-refractivity contribution is 8.21. The van der Waals surface area contributed by atoms with Crippen LogP contribution in [0.5, 0.6) is 0 Å². The molecule has 10 heteroatoms. The van der Waals surface area contributed by atoms with Crippen LogP contribution in [0, 0.1) is 0 Å². The number of ketones is 1. The maximum Gasteiger partial charge on any atom is 0.326 e. The Hall–Kier alpha value is -2.82. The van der Waals surface area contributed by atoms with Gasteiger partial charge in [0.05, 0.1) is 22.7 Å². The first-order valence-corrected chi connectivity index (χ1v) is 14.2. The normalized spacial score (nSPS) is 19.9. The first-order chi connectivity index (χ1) is 17.8. The fraction of sp³-hybridized carbons (Fsp3) is 0.407. The summed E-state index contributed by atoms with van der Waals surface area (Å²) in [7, 11) is 0. The number of rotatable bonds is 10. The SMILES string of the molecule is C[C@H](NCC(=O)C(Cc1ccccc1)NC(=O)c1ccccc1)C(=O)N1CC2(C[C@H]1C(=O)O)SCCS2. The summed E-state index contributed by atoms with van der Waals surface area (Å²) in [5.74, 6) is -0.0663. The molecule has 2 aliphatic heterocycles. The Balaban J connectivity index is 1.40. The number of amides is 2. The number of nitrogens with one attached hydrogen (secondary N) is 2. The Kier molecular flexibility index (Phi) is 8.94. The zero-order chi connectivity index (χ0) is 26.4. The molecule has 2 fully saturated rings. The van der Waals surface area contributed by atoms with Crippen LogP contribution < -0.4 is 10.6 Å². The van der Waals surface area contributed by atoms with Gasteiger partial charge in [-0.05, 0) is 31.0 Å². The van der Waals surface area contributed by atoms with Crippen molar-refractivity contribution in [3.8, 4) is 0 Å². The summed E-state index contributed by atoms with van der Waals surface area (Å²) in [5.41, 5.74) is 1.35. The van der Waals surface area contributed by atoms with Crippen molar-refractivity contribution in [2.45, 2.75) is 42.0 Å². The standard InChI is InChI=1S/C27H31N3O5S2/c1-18(25(33)30-17-27(36-12-13-37-27)15-22(30)26(34)35)28-16-23(31)21(14-19-8-4-2-5-9-19)29-24(32)20-10-6-3-7-11-20/h2-11,18,21-22,28H,12-17H2,1H3,(H,29,32)(H,34,35)/t18-,21?,22-/m0/s1. The zero-order valence-corrected chi connectivity index (χ0v) is 22.2. The summed E-state index contributed by atoms with van der Waals surface area (Å²) >= 11 is 3.45. The average molecular weight is 542 g/mol. The van der Waals surface area contributed by atoms with Crippen molar-refractivity contribution in [2.24, 2.45) is 0 Å². The van der Waals surface area contributed by atoms with Crippen LogP contribution in [0.4, 0.5) is 0 Å². The number of carbonyl (C=O) groups excluding carboxylic acids is 3. The summed E-state index contributed by atoms with van der Waals surface area (Å²) in [6.07, 6.45) is 0.728. The van der Waals surface area contributed by atoms with Crippen LogP contribution in [-0.2, 0) is 20.8 Å². The quantitative estimate of drug-likeness (QED) is 0.420. The predicted molar refractivity (Wildman–Crippen MR) is 146 cm³/mol. The van der Waals surface area contributed by atoms with Gasteiger partial charge >= 0.3 is 5.97 Å². The lowest BCUT2D eigenvalue weighted by atomic mass is 10.0. The summed E-state index contributed by atoms with van der Waals surface area (Å²) in [5, 5.41) is 15.6. The Morgan fingerprint density at radius 2 is 1.65 bits per heavy atom. The van der Waals surface area contributed by atoms with Crippen molar-refractivity contribution in [3.63, 3.8) is 0 Å². The van der Waals surface area contributed by atoms with Gasteiger partial charge in [-0.2, -0.15) is 0 Å². The third-order valence-electron chi connectivity index (χ3n) is 6.64. The van der Waals surface area contributed by atoms with Crippen molar-refractivity contribution in [1.82, 2.24) is 15.5 Å². The van der Waals surface area contributed by atoms with E-state index in [1.165, 1.54) is 4.90 Å². The number of thioether (sulfide) groups is 2. The van der Waals surface area contributed by atoms with Crippen LogP contribution >= 0.6 is 23.5 Å². The molecule has 0 aliphatic carbocycles. The smallest absolute Gasteiger partial charge is 0.326 e. The lowest BCUT2D eigenvalue weighted by Crippen LogP contribution is -2.52. The van der Waals surface area contributed by atoms with Crippen LogP contribution in [0.2, 0.25) is 0 Å². The molecular weight excluding hydrogens is 510 g/mol. The van der Waals surface area contributed by atoms with Crippen LogP contribution in [0.3, 0.4) is 0 Å². The molecule has 2 aliphatic rings. The van der Waals surface area contributed by atoms with Crippen molar-refractivity contribution >= 4 is 47.1 Å². The molecule has 37 heavy (non-hydrogen) atoms. The number of carboxylic acid groups (broad SMARTS) is 1. The van der Waals surface area contributed by atoms with Crippen LogP contribution in [0.1, 0.15) is 29.3 Å². The lowest BCUT2D eigenvalue weighted by molar-refractivity contribution is -0.148. The molecule has 196 valence electrons. The average Bonchev–Trinajstić information content (AvgIpc) is 3.54. The van der Waals surface area contributed by atoms with Gasteiger partial charge in [0.2, 0.25) is 5.91 Å². The van der Waals surface area contributed by atoms with Gasteiger partial charge in [0.15, 0.2) is 5.78 Å². The molecule has 4 rings (SSSR count). The first-order valence-electron chi connectivity index (χ1n) is 12.3. The third-order valence-corrected chi connectivity index (χ3v) is 10.1. The van der Waals surface area contributed by atoms with Crippen molar-refractivity contribution < 1.29 is 24.3 Å². The summed E-state index contributed by atoms with van der Waals surface area (Å²) in [6.45, 7) is 1.88. The molecule has 0 aromatic heterocycles. The van der Waals surface area contributed by atoms with Crippen molar-refractivity contribution in [2.75, 3.05) is 24.6 Å². The molecule has 2 heterocycles. The van der Waals surface area contributed by atoms with Gasteiger partial charge in [-0.1, -0.05) is 48.5 Å². The Morgan fingerprint density at radius 1 is 1.03 bits per heavy atom. The van der Waals surface area contributed by atoms with Crippen molar-refractivity contribution in [1.29, 1.82) is 0 Å². The lowest BCUT2D eigenvalue weighted by Gasteiger charge is -2.26. The number of hydrogen-bond donors (Lipinski definition) is 3. The van der Waals surface area contributed by atoms with Gasteiger partial charge < -0.3 is 15.3 Å². The number of aliphatic carboxylic acids is 1.